The van der Waals surface area contributed by atoms with Gasteiger partial charge in [0.05, 0.1) is 6.10 Å². The molecule has 5 heteroatoms. The predicted octanol–water partition coefficient (Wildman–Crippen LogP) is 1.07. The lowest BCUT2D eigenvalue weighted by molar-refractivity contribution is -0.133. The second-order valence-electron chi connectivity index (χ2n) is 6.22. The van der Waals surface area contributed by atoms with Crippen LogP contribution in [-0.4, -0.2) is 60.1 Å². The summed E-state index contributed by atoms with van der Waals surface area (Å²) in [5, 5.41) is 0. The van der Waals surface area contributed by atoms with Crippen LogP contribution in [0.2, 0.25) is 0 Å². The lowest BCUT2D eigenvalue weighted by Gasteiger charge is -2.37. The predicted molar refractivity (Wildman–Crippen MR) is 79.7 cm³/mol. The smallest absolute Gasteiger partial charge is 0.248 e. The third-order valence-electron chi connectivity index (χ3n) is 4.48. The van der Waals surface area contributed by atoms with E-state index in [2.05, 4.69) is 22.0 Å². The quantitative estimate of drug-likeness (QED) is 0.817. The number of likely N-dealkylation sites (tertiary alicyclic amines) is 1. The molecule has 21 heavy (non-hydrogen) atoms. The molecule has 0 radical (unpaired) electrons. The van der Waals surface area contributed by atoms with Crippen molar-refractivity contribution in [1.82, 2.24) is 14.8 Å². The highest BCUT2D eigenvalue weighted by atomic mass is 16.5. The van der Waals surface area contributed by atoms with Gasteiger partial charge in [-0.15, -0.1) is 0 Å². The number of likely N-dealkylation sites (N-methyl/N-ethyl adjacent to an activating group) is 1. The Kier molecular flexibility index (Phi) is 4.22. The van der Waals surface area contributed by atoms with E-state index in [4.69, 9.17) is 4.74 Å². The van der Waals surface area contributed by atoms with Crippen LogP contribution in [0.1, 0.15) is 17.7 Å². The van der Waals surface area contributed by atoms with Crippen LogP contribution in [0.3, 0.4) is 0 Å². The van der Waals surface area contributed by atoms with Gasteiger partial charge in [-0.05, 0) is 25.0 Å². The molecule has 1 aromatic rings. The van der Waals surface area contributed by atoms with Crippen molar-refractivity contribution in [2.75, 3.05) is 33.3 Å². The third-order valence-corrected chi connectivity index (χ3v) is 4.48. The normalized spacial score (nSPS) is 27.3. The fourth-order valence-corrected chi connectivity index (χ4v) is 3.22. The Hall–Kier alpha value is -1.46. The van der Waals surface area contributed by atoms with Gasteiger partial charge in [-0.2, -0.15) is 0 Å². The molecule has 1 aromatic heterocycles. The van der Waals surface area contributed by atoms with Crippen LogP contribution in [0, 0.1) is 12.8 Å². The van der Waals surface area contributed by atoms with Crippen LogP contribution in [-0.2, 0) is 16.1 Å². The number of nitrogens with zero attached hydrogens (tertiary/aromatic N) is 3. The van der Waals surface area contributed by atoms with Gasteiger partial charge in [0.25, 0.3) is 0 Å². The number of rotatable bonds is 2. The van der Waals surface area contributed by atoms with Gasteiger partial charge in [0.1, 0.15) is 6.61 Å². The highest BCUT2D eigenvalue weighted by Crippen LogP contribution is 2.24. The molecule has 0 bridgehead atoms. The summed E-state index contributed by atoms with van der Waals surface area (Å²) >= 11 is 0. The molecular formula is C16H23N3O2. The van der Waals surface area contributed by atoms with Gasteiger partial charge in [-0.1, -0.05) is 6.07 Å². The minimum absolute atomic E-state index is 0.0960. The molecule has 2 aliphatic rings. The number of piperidine rings is 1. The van der Waals surface area contributed by atoms with Gasteiger partial charge in [0, 0.05) is 51.0 Å². The van der Waals surface area contributed by atoms with E-state index >= 15 is 0 Å². The number of aromatic nitrogens is 1. The van der Waals surface area contributed by atoms with E-state index in [9.17, 15) is 4.79 Å². The maximum absolute atomic E-state index is 11.7. The Balaban J connectivity index is 1.62. The van der Waals surface area contributed by atoms with E-state index < -0.39 is 0 Å². The summed E-state index contributed by atoms with van der Waals surface area (Å²) in [5.74, 6) is 0.507. The van der Waals surface area contributed by atoms with Gasteiger partial charge < -0.3 is 9.64 Å². The number of carbonyl (C=O) groups excluding carboxylic acids is 1. The van der Waals surface area contributed by atoms with E-state index in [0.29, 0.717) is 5.92 Å². The SMILES string of the molecule is Cc1ccc(CN2CC[C@@H]3OCC(=O)N(C)C[C@H]3C2)cn1. The largest absolute Gasteiger partial charge is 0.368 e. The molecule has 114 valence electrons. The molecule has 2 aliphatic heterocycles. The first-order chi connectivity index (χ1) is 10.1. The molecule has 0 saturated carbocycles. The van der Waals surface area contributed by atoms with Crippen molar-refractivity contribution in [2.45, 2.75) is 26.0 Å². The Bertz CT molecular complexity index is 503. The van der Waals surface area contributed by atoms with Crippen LogP contribution in [0.25, 0.3) is 0 Å². The van der Waals surface area contributed by atoms with Crippen molar-refractivity contribution in [2.24, 2.45) is 5.92 Å². The monoisotopic (exact) mass is 289 g/mol. The Labute approximate surface area is 125 Å². The van der Waals surface area contributed by atoms with E-state index in [1.165, 1.54) is 5.56 Å². The van der Waals surface area contributed by atoms with Crippen LogP contribution in [0.15, 0.2) is 18.3 Å². The Morgan fingerprint density at radius 2 is 2.24 bits per heavy atom. The van der Waals surface area contributed by atoms with Crippen LogP contribution in [0.5, 0.6) is 0 Å². The first kappa shape index (κ1) is 14.5. The number of carbonyl (C=O) groups is 1. The number of aryl methyl sites for hydroxylation is 1. The molecule has 3 heterocycles. The molecule has 2 saturated heterocycles. The number of hydrogen-bond acceptors (Lipinski definition) is 4. The van der Waals surface area contributed by atoms with Crippen molar-refractivity contribution in [3.8, 4) is 0 Å². The lowest BCUT2D eigenvalue weighted by atomic mass is 9.94. The summed E-state index contributed by atoms with van der Waals surface area (Å²) in [6.07, 6.45) is 3.19. The van der Waals surface area contributed by atoms with Crippen LogP contribution >= 0.6 is 0 Å². The summed E-state index contributed by atoms with van der Waals surface area (Å²) in [5.41, 5.74) is 2.30. The molecule has 0 unspecified atom stereocenters. The van der Waals surface area contributed by atoms with Gasteiger partial charge in [0.15, 0.2) is 0 Å². The lowest BCUT2D eigenvalue weighted by Crippen LogP contribution is -2.46. The van der Waals surface area contributed by atoms with Crippen molar-refractivity contribution in [3.05, 3.63) is 29.6 Å². The maximum atomic E-state index is 11.7. The molecule has 5 nitrogen and oxygen atoms in total. The van der Waals surface area contributed by atoms with Gasteiger partial charge in [0.2, 0.25) is 5.91 Å². The third kappa shape index (κ3) is 3.41. The summed E-state index contributed by atoms with van der Waals surface area (Å²) in [4.78, 5) is 20.4. The highest BCUT2D eigenvalue weighted by Gasteiger charge is 2.34. The van der Waals surface area contributed by atoms with Gasteiger partial charge >= 0.3 is 0 Å². The van der Waals surface area contributed by atoms with E-state index in [0.717, 1.165) is 38.3 Å². The van der Waals surface area contributed by atoms with Crippen molar-refractivity contribution >= 4 is 5.91 Å². The van der Waals surface area contributed by atoms with E-state index in [1.54, 1.807) is 0 Å². The standard InChI is InChI=1S/C16H23N3O2/c1-12-3-4-13(7-17-12)8-19-6-5-15-14(10-19)9-18(2)16(20)11-21-15/h3-4,7,14-15H,5-6,8-11H2,1-2H3/t14-,15-/m0/s1. The molecule has 2 atom stereocenters. The number of pyridine rings is 1. The highest BCUT2D eigenvalue weighted by molar-refractivity contribution is 5.77. The molecule has 0 aliphatic carbocycles. The zero-order valence-electron chi connectivity index (χ0n) is 12.8. The summed E-state index contributed by atoms with van der Waals surface area (Å²) in [7, 11) is 1.87. The Morgan fingerprint density at radius 3 is 3.00 bits per heavy atom. The van der Waals surface area contributed by atoms with E-state index in [-0.39, 0.29) is 18.6 Å². The molecule has 1 amide bonds. The zero-order valence-corrected chi connectivity index (χ0v) is 12.8. The fraction of sp³-hybridized carbons (Fsp3) is 0.625. The zero-order chi connectivity index (χ0) is 14.8. The minimum Gasteiger partial charge on any atom is -0.368 e. The number of hydrogen-bond donors (Lipinski definition) is 0. The Morgan fingerprint density at radius 1 is 1.38 bits per heavy atom. The molecule has 0 spiro atoms. The van der Waals surface area contributed by atoms with Crippen molar-refractivity contribution in [3.63, 3.8) is 0 Å². The summed E-state index contributed by atoms with van der Waals surface area (Å²) < 4.78 is 5.77. The number of fused-ring (bicyclic) bond motifs is 1. The molecule has 0 aromatic carbocycles. The van der Waals surface area contributed by atoms with Crippen LogP contribution in [0.4, 0.5) is 0 Å². The topological polar surface area (TPSA) is 45.7 Å². The first-order valence-electron chi connectivity index (χ1n) is 7.61. The van der Waals surface area contributed by atoms with Crippen LogP contribution < -0.4 is 0 Å². The second kappa shape index (κ2) is 6.12. The molecular weight excluding hydrogens is 266 g/mol. The molecule has 2 fully saturated rings. The van der Waals surface area contributed by atoms with Crippen molar-refractivity contribution < 1.29 is 9.53 Å². The molecule has 0 N–H and O–H groups in total. The number of ether oxygens (including phenoxy) is 1. The summed E-state index contributed by atoms with van der Waals surface area (Å²) in [6, 6.07) is 4.21. The maximum Gasteiger partial charge on any atom is 0.248 e. The summed E-state index contributed by atoms with van der Waals surface area (Å²) in [6.45, 7) is 5.97. The van der Waals surface area contributed by atoms with Gasteiger partial charge in [-0.25, -0.2) is 0 Å². The second-order valence-corrected chi connectivity index (χ2v) is 6.22. The first-order valence-corrected chi connectivity index (χ1v) is 7.61. The van der Waals surface area contributed by atoms with Crippen molar-refractivity contribution in [1.29, 1.82) is 0 Å². The number of amides is 1. The average molecular weight is 289 g/mol. The minimum atomic E-state index is 0.0960. The van der Waals surface area contributed by atoms with Gasteiger partial charge in [-0.3, -0.25) is 14.7 Å². The molecule has 3 rings (SSSR count). The average Bonchev–Trinajstić information content (AvgIpc) is 2.61. The fourth-order valence-electron chi connectivity index (χ4n) is 3.22. The van der Waals surface area contributed by atoms with E-state index in [1.807, 2.05) is 25.1 Å².